The molecule has 8 heteroatoms. The van der Waals surface area contributed by atoms with Crippen molar-refractivity contribution < 1.29 is 18.3 Å². The molecule has 0 unspecified atom stereocenters. The fourth-order valence-corrected chi connectivity index (χ4v) is 5.96. The van der Waals surface area contributed by atoms with Gasteiger partial charge < -0.3 is 5.11 Å². The lowest BCUT2D eigenvalue weighted by Gasteiger charge is -2.19. The van der Waals surface area contributed by atoms with Crippen molar-refractivity contribution in [3.8, 4) is 0 Å². The number of carboxylic acids is 1. The number of carbonyl (C=O) groups is 1. The largest absolute Gasteiger partial charge is 0.480 e. The van der Waals surface area contributed by atoms with Crippen LogP contribution in [0.1, 0.15) is 18.4 Å². The molecule has 1 aliphatic rings. The quantitative estimate of drug-likeness (QED) is 0.902. The third-order valence-corrected chi connectivity index (χ3v) is 7.38. The normalized spacial score (nSPS) is 21.3. The Morgan fingerprint density at radius 2 is 2.28 bits per heavy atom. The van der Waals surface area contributed by atoms with E-state index in [4.69, 9.17) is 5.11 Å². The van der Waals surface area contributed by atoms with E-state index < -0.39 is 22.0 Å². The van der Waals surface area contributed by atoms with E-state index in [2.05, 4.69) is 15.9 Å². The van der Waals surface area contributed by atoms with E-state index in [-0.39, 0.29) is 10.8 Å². The van der Waals surface area contributed by atoms with Crippen LogP contribution >= 0.6 is 27.3 Å². The molecule has 18 heavy (non-hydrogen) atoms. The molecular weight excluding hydrogens is 342 g/mol. The first kappa shape index (κ1) is 14.0. The van der Waals surface area contributed by atoms with Crippen LogP contribution in [0.15, 0.2) is 14.1 Å². The first-order valence-corrected chi connectivity index (χ1v) is 8.39. The predicted octanol–water partition coefficient (Wildman–Crippen LogP) is 2.06. The van der Waals surface area contributed by atoms with E-state index in [1.165, 1.54) is 0 Å². The zero-order chi connectivity index (χ0) is 13.5. The van der Waals surface area contributed by atoms with Crippen molar-refractivity contribution in [3.63, 3.8) is 0 Å². The van der Waals surface area contributed by atoms with Gasteiger partial charge in [-0.2, -0.15) is 4.31 Å². The molecule has 1 aliphatic heterocycles. The van der Waals surface area contributed by atoms with Crippen LogP contribution in [0, 0.1) is 6.92 Å². The van der Waals surface area contributed by atoms with Gasteiger partial charge in [0.1, 0.15) is 10.3 Å². The fourth-order valence-electron chi connectivity index (χ4n) is 1.95. The van der Waals surface area contributed by atoms with Gasteiger partial charge in [-0.25, -0.2) is 8.42 Å². The number of hydrogen-bond acceptors (Lipinski definition) is 4. The first-order chi connectivity index (χ1) is 8.34. The topological polar surface area (TPSA) is 74.7 Å². The molecule has 0 amide bonds. The molecule has 2 heterocycles. The Morgan fingerprint density at radius 1 is 1.61 bits per heavy atom. The van der Waals surface area contributed by atoms with E-state index >= 15 is 0 Å². The molecule has 0 radical (unpaired) electrons. The fraction of sp³-hybridized carbons (Fsp3) is 0.500. The van der Waals surface area contributed by atoms with Gasteiger partial charge in [-0.15, -0.1) is 11.3 Å². The molecule has 100 valence electrons. The lowest BCUT2D eigenvalue weighted by Crippen LogP contribution is -2.40. The van der Waals surface area contributed by atoms with Gasteiger partial charge in [0.05, 0.1) is 3.79 Å². The van der Waals surface area contributed by atoms with Gasteiger partial charge in [0.15, 0.2) is 0 Å². The smallest absolute Gasteiger partial charge is 0.322 e. The van der Waals surface area contributed by atoms with Crippen molar-refractivity contribution in [1.82, 2.24) is 4.31 Å². The van der Waals surface area contributed by atoms with Crippen LogP contribution < -0.4 is 0 Å². The van der Waals surface area contributed by atoms with Gasteiger partial charge >= 0.3 is 5.97 Å². The van der Waals surface area contributed by atoms with E-state index in [9.17, 15) is 13.2 Å². The Morgan fingerprint density at radius 3 is 2.78 bits per heavy atom. The van der Waals surface area contributed by atoms with Crippen LogP contribution in [0.3, 0.4) is 0 Å². The number of rotatable bonds is 3. The number of carboxylic acid groups (broad SMARTS) is 1. The van der Waals surface area contributed by atoms with Crippen LogP contribution in [-0.4, -0.2) is 36.4 Å². The maximum Gasteiger partial charge on any atom is 0.322 e. The molecule has 0 aliphatic carbocycles. The molecule has 0 saturated carbocycles. The van der Waals surface area contributed by atoms with Gasteiger partial charge in [-0.05, 0) is 47.3 Å². The van der Waals surface area contributed by atoms with Crippen LogP contribution in [-0.2, 0) is 14.8 Å². The minimum Gasteiger partial charge on any atom is -0.480 e. The number of sulfonamides is 1. The van der Waals surface area contributed by atoms with Crippen LogP contribution in [0.2, 0.25) is 0 Å². The molecule has 0 spiro atoms. The summed E-state index contributed by atoms with van der Waals surface area (Å²) in [5.41, 5.74) is 0.838. The van der Waals surface area contributed by atoms with Gasteiger partial charge in [0, 0.05) is 6.54 Å². The highest BCUT2D eigenvalue weighted by Crippen LogP contribution is 2.34. The Hall–Kier alpha value is -0.440. The summed E-state index contributed by atoms with van der Waals surface area (Å²) >= 11 is 4.40. The molecule has 1 fully saturated rings. The number of aryl methyl sites for hydroxylation is 1. The second kappa shape index (κ2) is 4.92. The second-order valence-electron chi connectivity index (χ2n) is 4.13. The van der Waals surface area contributed by atoms with Crippen molar-refractivity contribution in [2.45, 2.75) is 30.0 Å². The standard InChI is InChI=1S/C10H12BrNO4S2/c1-6-5-8(17-9(6)11)18(15,16)12-4-2-3-7(12)10(13)14/h5,7H,2-4H2,1H3,(H,13,14)/t7-/m0/s1. The SMILES string of the molecule is Cc1cc(S(=O)(=O)N2CCC[C@H]2C(=O)O)sc1Br. The van der Waals surface area contributed by atoms with Gasteiger partial charge in [-0.1, -0.05) is 0 Å². The van der Waals surface area contributed by atoms with E-state index in [0.29, 0.717) is 12.8 Å². The summed E-state index contributed by atoms with van der Waals surface area (Å²) in [6.45, 7) is 2.08. The number of hydrogen-bond donors (Lipinski definition) is 1. The summed E-state index contributed by atoms with van der Waals surface area (Å²) in [6.07, 6.45) is 0.960. The summed E-state index contributed by atoms with van der Waals surface area (Å²) in [5.74, 6) is -1.08. The molecule has 1 aromatic heterocycles. The zero-order valence-corrected chi connectivity index (χ0v) is 12.8. The minimum atomic E-state index is -3.69. The zero-order valence-electron chi connectivity index (χ0n) is 9.59. The molecular formula is C10H12BrNO4S2. The Bertz CT molecular complexity index is 561. The van der Waals surface area contributed by atoms with Gasteiger partial charge in [0.2, 0.25) is 0 Å². The lowest BCUT2D eigenvalue weighted by atomic mass is 10.2. The van der Waals surface area contributed by atoms with E-state index in [0.717, 1.165) is 25.0 Å². The third-order valence-electron chi connectivity index (χ3n) is 2.89. The molecule has 1 saturated heterocycles. The molecule has 5 nitrogen and oxygen atoms in total. The Balaban J connectivity index is 2.39. The summed E-state index contributed by atoms with van der Waals surface area (Å²) in [6, 6.07) is 0.637. The highest BCUT2D eigenvalue weighted by Gasteiger charge is 2.40. The highest BCUT2D eigenvalue weighted by molar-refractivity contribution is 9.11. The van der Waals surface area contributed by atoms with Crippen LogP contribution in [0.5, 0.6) is 0 Å². The first-order valence-electron chi connectivity index (χ1n) is 5.34. The number of nitrogens with zero attached hydrogens (tertiary/aromatic N) is 1. The summed E-state index contributed by atoms with van der Waals surface area (Å²) in [7, 11) is -3.69. The lowest BCUT2D eigenvalue weighted by molar-refractivity contribution is -0.140. The molecule has 1 atom stereocenters. The average Bonchev–Trinajstić information content (AvgIpc) is 2.87. The second-order valence-corrected chi connectivity index (χ2v) is 8.62. The van der Waals surface area contributed by atoms with Crippen molar-refractivity contribution in [1.29, 1.82) is 0 Å². The number of thiophene rings is 1. The van der Waals surface area contributed by atoms with Crippen molar-refractivity contribution in [2.24, 2.45) is 0 Å². The van der Waals surface area contributed by atoms with E-state index in [1.54, 1.807) is 13.0 Å². The van der Waals surface area contributed by atoms with Gasteiger partial charge in [-0.3, -0.25) is 4.79 Å². The Labute approximate surface area is 118 Å². The maximum absolute atomic E-state index is 12.4. The third kappa shape index (κ3) is 2.34. The minimum absolute atomic E-state index is 0.194. The van der Waals surface area contributed by atoms with Gasteiger partial charge in [0.25, 0.3) is 10.0 Å². The van der Waals surface area contributed by atoms with Crippen molar-refractivity contribution in [2.75, 3.05) is 6.54 Å². The summed E-state index contributed by atoms with van der Waals surface area (Å²) < 4.78 is 26.8. The molecule has 2 rings (SSSR count). The summed E-state index contributed by atoms with van der Waals surface area (Å²) in [4.78, 5) is 11.1. The molecule has 1 aromatic rings. The van der Waals surface area contributed by atoms with E-state index in [1.807, 2.05) is 0 Å². The van der Waals surface area contributed by atoms with Crippen molar-refractivity contribution >= 4 is 43.3 Å². The van der Waals surface area contributed by atoms with Crippen LogP contribution in [0.25, 0.3) is 0 Å². The van der Waals surface area contributed by atoms with Crippen molar-refractivity contribution in [3.05, 3.63) is 15.4 Å². The van der Waals surface area contributed by atoms with Crippen LogP contribution in [0.4, 0.5) is 0 Å². The Kier molecular flexibility index (Phi) is 3.82. The maximum atomic E-state index is 12.4. The highest BCUT2D eigenvalue weighted by atomic mass is 79.9. The summed E-state index contributed by atoms with van der Waals surface area (Å²) in [5, 5.41) is 9.04. The predicted molar refractivity (Wildman–Crippen MR) is 71.3 cm³/mol. The monoisotopic (exact) mass is 353 g/mol. The number of aliphatic carboxylic acids is 1. The molecule has 0 aromatic carbocycles. The molecule has 1 N–H and O–H groups in total. The number of halogens is 1. The molecule has 0 bridgehead atoms. The average molecular weight is 354 g/mol.